The van der Waals surface area contributed by atoms with Gasteiger partial charge in [0.25, 0.3) is 0 Å². The molecule has 0 saturated carbocycles. The highest BCUT2D eigenvalue weighted by atomic mass is 16.5. The van der Waals surface area contributed by atoms with Crippen LogP contribution >= 0.6 is 0 Å². The van der Waals surface area contributed by atoms with Crippen LogP contribution < -0.4 is 4.74 Å². The van der Waals surface area contributed by atoms with Crippen molar-refractivity contribution in [2.45, 2.75) is 26.3 Å². The maximum atomic E-state index is 8.99. The fourth-order valence-corrected chi connectivity index (χ4v) is 2.49. The molecule has 0 aromatic heterocycles. The van der Waals surface area contributed by atoms with Gasteiger partial charge < -0.3 is 9.47 Å². The maximum absolute atomic E-state index is 8.99. The topological polar surface area (TPSA) is 45.5 Å². The van der Waals surface area contributed by atoms with Gasteiger partial charge in [-0.2, -0.15) is 5.26 Å². The van der Waals surface area contributed by atoms with Crippen LogP contribution in [0.25, 0.3) is 0 Å². The smallest absolute Gasteiger partial charge is 0.122 e. The van der Waals surface area contributed by atoms with E-state index in [-0.39, 0.29) is 6.04 Å². The lowest BCUT2D eigenvalue weighted by molar-refractivity contribution is 0.00710. The minimum absolute atomic E-state index is 0.143. The second-order valence-corrected chi connectivity index (χ2v) is 5.24. The molecule has 0 aliphatic carbocycles. The summed E-state index contributed by atoms with van der Waals surface area (Å²) in [7, 11) is 0. The molecule has 1 aliphatic heterocycles. The van der Waals surface area contributed by atoms with E-state index in [1.807, 2.05) is 6.07 Å². The van der Waals surface area contributed by atoms with Crippen molar-refractivity contribution in [3.8, 4) is 11.8 Å². The summed E-state index contributed by atoms with van der Waals surface area (Å²) in [5.41, 5.74) is 2.37. The van der Waals surface area contributed by atoms with Gasteiger partial charge in [0.05, 0.1) is 31.7 Å². The van der Waals surface area contributed by atoms with E-state index in [2.05, 4.69) is 36.9 Å². The zero-order valence-electron chi connectivity index (χ0n) is 12.3. The molecule has 2 rings (SSSR count). The highest BCUT2D eigenvalue weighted by Gasteiger charge is 2.21. The van der Waals surface area contributed by atoms with Crippen molar-refractivity contribution in [3.63, 3.8) is 0 Å². The van der Waals surface area contributed by atoms with Gasteiger partial charge in [-0.05, 0) is 25.5 Å². The first-order chi connectivity index (χ1) is 9.70. The Morgan fingerprint density at radius 3 is 2.75 bits per heavy atom. The molecule has 0 spiro atoms. The number of benzene rings is 1. The Kier molecular flexibility index (Phi) is 5.40. The molecule has 1 unspecified atom stereocenters. The number of rotatable bonds is 5. The number of nitrogens with zero attached hydrogens (tertiary/aromatic N) is 2. The van der Waals surface area contributed by atoms with Crippen molar-refractivity contribution in [1.29, 1.82) is 5.26 Å². The predicted octanol–water partition coefficient (Wildman–Crippen LogP) is 2.30. The van der Waals surface area contributed by atoms with E-state index in [1.165, 1.54) is 5.56 Å². The van der Waals surface area contributed by atoms with Crippen molar-refractivity contribution in [3.05, 3.63) is 29.3 Å². The molecule has 108 valence electrons. The monoisotopic (exact) mass is 274 g/mol. The number of hydrogen-bond donors (Lipinski definition) is 0. The highest BCUT2D eigenvalue weighted by Crippen LogP contribution is 2.20. The number of nitriles is 1. The molecule has 1 aliphatic rings. The molecule has 0 amide bonds. The number of morpholine rings is 1. The molecule has 1 saturated heterocycles. The second-order valence-electron chi connectivity index (χ2n) is 5.24. The molecule has 0 bridgehead atoms. The lowest BCUT2D eigenvalue weighted by Crippen LogP contribution is -2.46. The van der Waals surface area contributed by atoms with E-state index in [0.29, 0.717) is 13.0 Å². The van der Waals surface area contributed by atoms with Gasteiger partial charge >= 0.3 is 0 Å². The van der Waals surface area contributed by atoms with Crippen LogP contribution in [0.15, 0.2) is 18.2 Å². The Labute approximate surface area is 120 Å². The Morgan fingerprint density at radius 1 is 1.35 bits per heavy atom. The quantitative estimate of drug-likeness (QED) is 0.826. The van der Waals surface area contributed by atoms with E-state index in [0.717, 1.165) is 37.6 Å². The zero-order chi connectivity index (χ0) is 14.4. The third-order valence-electron chi connectivity index (χ3n) is 3.65. The normalized spacial score (nSPS) is 17.4. The van der Waals surface area contributed by atoms with Crippen molar-refractivity contribution < 1.29 is 9.47 Å². The number of aryl methyl sites for hydroxylation is 2. The molecular weight excluding hydrogens is 252 g/mol. The van der Waals surface area contributed by atoms with Crippen LogP contribution in [0.2, 0.25) is 0 Å². The first-order valence-electron chi connectivity index (χ1n) is 7.09. The summed E-state index contributed by atoms with van der Waals surface area (Å²) in [5.74, 6) is 0.909. The van der Waals surface area contributed by atoms with Gasteiger partial charge in [0.1, 0.15) is 12.4 Å². The van der Waals surface area contributed by atoms with Gasteiger partial charge in [0.2, 0.25) is 0 Å². The van der Waals surface area contributed by atoms with E-state index < -0.39 is 0 Å². The lowest BCUT2D eigenvalue weighted by atomic mass is 10.1. The largest absolute Gasteiger partial charge is 0.492 e. The first kappa shape index (κ1) is 14.8. The highest BCUT2D eigenvalue weighted by molar-refractivity contribution is 5.35. The van der Waals surface area contributed by atoms with Crippen LogP contribution in [0.4, 0.5) is 0 Å². The van der Waals surface area contributed by atoms with Crippen molar-refractivity contribution >= 4 is 0 Å². The summed E-state index contributed by atoms with van der Waals surface area (Å²) in [6, 6.07) is 8.58. The Hall–Kier alpha value is -1.57. The molecule has 1 aromatic carbocycles. The minimum atomic E-state index is 0.143. The van der Waals surface area contributed by atoms with E-state index in [9.17, 15) is 0 Å². The van der Waals surface area contributed by atoms with Crippen LogP contribution in [-0.2, 0) is 4.74 Å². The molecule has 20 heavy (non-hydrogen) atoms. The van der Waals surface area contributed by atoms with Gasteiger partial charge in [-0.3, -0.25) is 4.90 Å². The predicted molar refractivity (Wildman–Crippen MR) is 77.8 cm³/mol. The third-order valence-corrected chi connectivity index (χ3v) is 3.65. The summed E-state index contributed by atoms with van der Waals surface area (Å²) in [6.07, 6.45) is 0.491. The summed E-state index contributed by atoms with van der Waals surface area (Å²) in [6.45, 7) is 7.92. The summed E-state index contributed by atoms with van der Waals surface area (Å²) < 4.78 is 11.3. The Morgan fingerprint density at radius 2 is 2.10 bits per heavy atom. The van der Waals surface area contributed by atoms with E-state index >= 15 is 0 Å². The van der Waals surface area contributed by atoms with Gasteiger partial charge in [0, 0.05) is 13.1 Å². The van der Waals surface area contributed by atoms with Gasteiger partial charge in [-0.1, -0.05) is 17.7 Å². The Bertz CT molecular complexity index is 476. The number of ether oxygens (including phenoxy) is 2. The molecule has 1 aromatic rings. The summed E-state index contributed by atoms with van der Waals surface area (Å²) >= 11 is 0. The van der Waals surface area contributed by atoms with Gasteiger partial charge in [0.15, 0.2) is 0 Å². The van der Waals surface area contributed by atoms with Gasteiger partial charge in [-0.25, -0.2) is 0 Å². The average molecular weight is 274 g/mol. The first-order valence-corrected chi connectivity index (χ1v) is 7.09. The molecule has 1 heterocycles. The summed E-state index contributed by atoms with van der Waals surface area (Å²) in [4.78, 5) is 2.29. The minimum Gasteiger partial charge on any atom is -0.492 e. The average Bonchev–Trinajstić information content (AvgIpc) is 2.46. The van der Waals surface area contributed by atoms with Crippen LogP contribution in [0.1, 0.15) is 17.5 Å². The van der Waals surface area contributed by atoms with E-state index in [4.69, 9.17) is 14.7 Å². The molecule has 4 heteroatoms. The molecule has 1 atom stereocenters. The molecule has 1 fully saturated rings. The van der Waals surface area contributed by atoms with Crippen molar-refractivity contribution in [2.24, 2.45) is 0 Å². The van der Waals surface area contributed by atoms with Gasteiger partial charge in [-0.15, -0.1) is 0 Å². The standard InChI is InChI=1S/C16H22N2O2/c1-13-3-4-16(14(2)11-13)20-12-15(5-6-17)18-7-9-19-10-8-18/h3-4,11,15H,5,7-10,12H2,1-2H3. The fraction of sp³-hybridized carbons (Fsp3) is 0.562. The van der Waals surface area contributed by atoms with Crippen LogP contribution in [-0.4, -0.2) is 43.9 Å². The molecule has 0 radical (unpaired) electrons. The molecule has 0 N–H and O–H groups in total. The summed E-state index contributed by atoms with van der Waals surface area (Å²) in [5, 5.41) is 8.99. The lowest BCUT2D eigenvalue weighted by Gasteiger charge is -2.33. The van der Waals surface area contributed by atoms with Crippen LogP contribution in [0.3, 0.4) is 0 Å². The second kappa shape index (κ2) is 7.28. The van der Waals surface area contributed by atoms with Crippen molar-refractivity contribution in [1.82, 2.24) is 4.90 Å². The fourth-order valence-electron chi connectivity index (χ4n) is 2.49. The van der Waals surface area contributed by atoms with Crippen LogP contribution in [0, 0.1) is 25.2 Å². The molecular formula is C16H22N2O2. The number of hydrogen-bond acceptors (Lipinski definition) is 4. The van der Waals surface area contributed by atoms with Crippen LogP contribution in [0.5, 0.6) is 5.75 Å². The Balaban J connectivity index is 1.96. The van der Waals surface area contributed by atoms with Crippen molar-refractivity contribution in [2.75, 3.05) is 32.9 Å². The third kappa shape index (κ3) is 3.96. The zero-order valence-corrected chi connectivity index (χ0v) is 12.3. The SMILES string of the molecule is Cc1ccc(OCC(CC#N)N2CCOCC2)c(C)c1. The van der Waals surface area contributed by atoms with E-state index in [1.54, 1.807) is 0 Å². The maximum Gasteiger partial charge on any atom is 0.122 e. The molecule has 4 nitrogen and oxygen atoms in total.